The van der Waals surface area contributed by atoms with E-state index in [4.69, 9.17) is 9.47 Å². The maximum Gasteiger partial charge on any atom is 0.416 e. The van der Waals surface area contributed by atoms with Gasteiger partial charge in [-0.1, -0.05) is 12.1 Å². The third-order valence-electron chi connectivity index (χ3n) is 5.10. The molecule has 2 N–H and O–H groups in total. The largest absolute Gasteiger partial charge is 0.493 e. The van der Waals surface area contributed by atoms with E-state index in [1.807, 2.05) is 0 Å². The Kier molecular flexibility index (Phi) is 6.53. The molecule has 1 aromatic heterocycles. The number of anilines is 4. The van der Waals surface area contributed by atoms with E-state index in [2.05, 4.69) is 20.6 Å². The number of halogens is 6. The summed E-state index contributed by atoms with van der Waals surface area (Å²) < 4.78 is 89.5. The van der Waals surface area contributed by atoms with Gasteiger partial charge in [0.1, 0.15) is 5.82 Å². The average molecular weight is 508 g/mol. The maximum atomic E-state index is 13.2. The van der Waals surface area contributed by atoms with Gasteiger partial charge in [0.2, 0.25) is 5.95 Å². The molecule has 0 fully saturated rings. The smallest absolute Gasteiger partial charge is 0.416 e. The molecule has 0 saturated heterocycles. The average Bonchev–Trinajstić information content (AvgIpc) is 2.82. The Morgan fingerprint density at radius 3 is 1.72 bits per heavy atom. The molecular formula is C24H18F6N4O2. The molecule has 0 aliphatic carbocycles. The Bertz CT molecular complexity index is 1410. The maximum absolute atomic E-state index is 13.2. The van der Waals surface area contributed by atoms with Gasteiger partial charge in [0, 0.05) is 22.8 Å². The normalized spacial score (nSPS) is 11.9. The Hall–Kier alpha value is -4.22. The van der Waals surface area contributed by atoms with Crippen molar-refractivity contribution in [3.63, 3.8) is 0 Å². The van der Waals surface area contributed by atoms with Crippen LogP contribution in [0.1, 0.15) is 11.1 Å². The van der Waals surface area contributed by atoms with Gasteiger partial charge in [0.05, 0.1) is 30.9 Å². The summed E-state index contributed by atoms with van der Waals surface area (Å²) >= 11 is 0. The quantitative estimate of drug-likeness (QED) is 0.269. The fourth-order valence-electron chi connectivity index (χ4n) is 3.42. The lowest BCUT2D eigenvalue weighted by atomic mass is 10.1. The van der Waals surface area contributed by atoms with Crippen molar-refractivity contribution in [2.24, 2.45) is 0 Å². The molecule has 188 valence electrons. The summed E-state index contributed by atoms with van der Waals surface area (Å²) in [6.07, 6.45) is -9.11. The first-order valence-electron chi connectivity index (χ1n) is 10.3. The van der Waals surface area contributed by atoms with E-state index in [1.165, 1.54) is 50.6 Å². The number of hydrogen-bond acceptors (Lipinski definition) is 6. The van der Waals surface area contributed by atoms with Crippen molar-refractivity contribution in [1.82, 2.24) is 9.97 Å². The van der Waals surface area contributed by atoms with E-state index in [1.54, 1.807) is 0 Å². The van der Waals surface area contributed by atoms with Crippen LogP contribution in [0.15, 0.2) is 60.7 Å². The van der Waals surface area contributed by atoms with Crippen molar-refractivity contribution in [3.8, 4) is 11.5 Å². The lowest BCUT2D eigenvalue weighted by Crippen LogP contribution is -2.07. The number of nitrogens with one attached hydrogen (secondary N) is 2. The second-order valence-electron chi connectivity index (χ2n) is 7.53. The summed E-state index contributed by atoms with van der Waals surface area (Å²) in [5.41, 5.74) is -1.29. The summed E-state index contributed by atoms with van der Waals surface area (Å²) in [4.78, 5) is 8.66. The van der Waals surface area contributed by atoms with Crippen LogP contribution in [0, 0.1) is 0 Å². The molecular weight excluding hydrogens is 490 g/mol. The van der Waals surface area contributed by atoms with Gasteiger partial charge < -0.3 is 20.1 Å². The highest BCUT2D eigenvalue weighted by atomic mass is 19.4. The molecule has 0 bridgehead atoms. The van der Waals surface area contributed by atoms with Crippen molar-refractivity contribution in [1.29, 1.82) is 0 Å². The lowest BCUT2D eigenvalue weighted by molar-refractivity contribution is -0.138. The van der Waals surface area contributed by atoms with Crippen LogP contribution in [0.5, 0.6) is 11.5 Å². The SMILES string of the molecule is COc1cc2nc(Nc3cccc(C(F)(F)F)c3)nc(Nc3cccc(C(F)(F)F)c3)c2cc1OC. The molecule has 0 aliphatic heterocycles. The number of hydrogen-bond donors (Lipinski definition) is 2. The molecule has 0 spiro atoms. The molecule has 1 heterocycles. The fraction of sp³-hybridized carbons (Fsp3) is 0.167. The van der Waals surface area contributed by atoms with Crippen molar-refractivity contribution < 1.29 is 35.8 Å². The number of fused-ring (bicyclic) bond motifs is 1. The van der Waals surface area contributed by atoms with Crippen LogP contribution in [0.3, 0.4) is 0 Å². The monoisotopic (exact) mass is 508 g/mol. The van der Waals surface area contributed by atoms with Crippen LogP contribution >= 0.6 is 0 Å². The van der Waals surface area contributed by atoms with E-state index in [9.17, 15) is 26.3 Å². The fourth-order valence-corrected chi connectivity index (χ4v) is 3.42. The molecule has 3 aromatic carbocycles. The van der Waals surface area contributed by atoms with Crippen LogP contribution < -0.4 is 20.1 Å². The van der Waals surface area contributed by atoms with Gasteiger partial charge in [0.25, 0.3) is 0 Å². The minimum absolute atomic E-state index is 0.0645. The van der Waals surface area contributed by atoms with Gasteiger partial charge >= 0.3 is 12.4 Å². The molecule has 4 aromatic rings. The second-order valence-corrected chi connectivity index (χ2v) is 7.53. The standard InChI is InChI=1S/C24H18F6N4O2/c1-35-19-11-17-18(12-20(19)36-2)33-22(32-16-8-4-6-14(10-16)24(28,29)30)34-21(17)31-15-7-3-5-13(9-15)23(25,26)27/h3-12H,1-2H3,(H2,31,32,33,34). The summed E-state index contributed by atoms with van der Waals surface area (Å²) in [7, 11) is 2.82. The van der Waals surface area contributed by atoms with E-state index in [-0.39, 0.29) is 23.1 Å². The first-order chi connectivity index (χ1) is 17.0. The number of ether oxygens (including phenoxy) is 2. The molecule has 0 radical (unpaired) electrons. The molecule has 0 atom stereocenters. The Morgan fingerprint density at radius 1 is 0.667 bits per heavy atom. The highest BCUT2D eigenvalue weighted by molar-refractivity contribution is 5.94. The van der Waals surface area contributed by atoms with Gasteiger partial charge in [-0.25, -0.2) is 4.98 Å². The summed E-state index contributed by atoms with van der Waals surface area (Å²) in [6, 6.07) is 12.0. The lowest BCUT2D eigenvalue weighted by Gasteiger charge is -2.16. The predicted octanol–water partition coefficient (Wildman–Crippen LogP) is 7.17. The minimum Gasteiger partial charge on any atom is -0.493 e. The molecule has 36 heavy (non-hydrogen) atoms. The first kappa shape index (κ1) is 24.9. The van der Waals surface area contributed by atoms with Crippen LogP contribution in [0.2, 0.25) is 0 Å². The summed E-state index contributed by atoms with van der Waals surface area (Å²) in [5, 5.41) is 5.94. The van der Waals surface area contributed by atoms with Crippen molar-refractivity contribution in [3.05, 3.63) is 71.8 Å². The molecule has 0 unspecified atom stereocenters. The van der Waals surface area contributed by atoms with Gasteiger partial charge in [-0.2, -0.15) is 31.3 Å². The van der Waals surface area contributed by atoms with Crippen LogP contribution in [0.25, 0.3) is 10.9 Å². The van der Waals surface area contributed by atoms with Crippen molar-refractivity contribution in [2.45, 2.75) is 12.4 Å². The van der Waals surface area contributed by atoms with Crippen LogP contribution in [-0.4, -0.2) is 24.2 Å². The first-order valence-corrected chi connectivity index (χ1v) is 10.3. The topological polar surface area (TPSA) is 68.3 Å². The predicted molar refractivity (Wildman–Crippen MR) is 122 cm³/mol. The number of aromatic nitrogens is 2. The minimum atomic E-state index is -4.56. The Labute approximate surface area is 200 Å². The van der Waals surface area contributed by atoms with Crippen LogP contribution in [-0.2, 0) is 12.4 Å². The Morgan fingerprint density at radius 2 is 1.19 bits per heavy atom. The number of rotatable bonds is 6. The third-order valence-corrected chi connectivity index (χ3v) is 5.10. The molecule has 6 nitrogen and oxygen atoms in total. The summed E-state index contributed by atoms with van der Waals surface area (Å²) in [6.45, 7) is 0. The zero-order valence-corrected chi connectivity index (χ0v) is 18.8. The van der Waals surface area contributed by atoms with E-state index < -0.39 is 23.5 Å². The zero-order valence-electron chi connectivity index (χ0n) is 18.8. The zero-order chi connectivity index (χ0) is 26.1. The number of benzene rings is 3. The van der Waals surface area contributed by atoms with Crippen molar-refractivity contribution in [2.75, 3.05) is 24.9 Å². The second kappa shape index (κ2) is 9.44. The van der Waals surface area contributed by atoms with E-state index in [0.717, 1.165) is 24.3 Å². The third kappa shape index (κ3) is 5.37. The molecule has 4 rings (SSSR count). The molecule has 0 aliphatic rings. The molecule has 12 heteroatoms. The van der Waals surface area contributed by atoms with Gasteiger partial charge in [-0.15, -0.1) is 0 Å². The number of methoxy groups -OCH3 is 2. The van der Waals surface area contributed by atoms with Gasteiger partial charge in [-0.3, -0.25) is 0 Å². The number of nitrogens with zero attached hydrogens (tertiary/aromatic N) is 2. The highest BCUT2D eigenvalue weighted by Crippen LogP contribution is 2.37. The highest BCUT2D eigenvalue weighted by Gasteiger charge is 2.31. The number of alkyl halides is 6. The van der Waals surface area contributed by atoms with Crippen LogP contribution in [0.4, 0.5) is 49.5 Å². The van der Waals surface area contributed by atoms with E-state index >= 15 is 0 Å². The molecule has 0 amide bonds. The van der Waals surface area contributed by atoms with E-state index in [0.29, 0.717) is 22.4 Å². The molecule has 0 saturated carbocycles. The summed E-state index contributed by atoms with van der Waals surface area (Å²) in [5.74, 6) is 0.635. The van der Waals surface area contributed by atoms with Crippen molar-refractivity contribution >= 4 is 34.0 Å². The Balaban J connectivity index is 1.82. The van der Waals surface area contributed by atoms with Gasteiger partial charge in [-0.05, 0) is 42.5 Å². The van der Waals surface area contributed by atoms with Gasteiger partial charge in [0.15, 0.2) is 11.5 Å².